The Balaban J connectivity index is 1.34. The SMILES string of the molecule is Cc1cnc(NCCCCNC(=O)CSSCC(=O)NCCCCNc2ncc(C)s2)s1. The summed E-state index contributed by atoms with van der Waals surface area (Å²) in [4.78, 5) is 34.6. The molecule has 2 heterocycles. The van der Waals surface area contributed by atoms with Gasteiger partial charge in [0.15, 0.2) is 10.3 Å². The van der Waals surface area contributed by atoms with Gasteiger partial charge in [0.25, 0.3) is 0 Å². The number of thiazole rings is 2. The van der Waals surface area contributed by atoms with Crippen molar-refractivity contribution >= 4 is 66.3 Å². The molecule has 0 aliphatic heterocycles. The molecule has 0 aliphatic carbocycles. The van der Waals surface area contributed by atoms with Gasteiger partial charge in [-0.1, -0.05) is 21.6 Å². The van der Waals surface area contributed by atoms with Crippen molar-refractivity contribution in [2.75, 3.05) is 48.3 Å². The molecular formula is C20H32N6O2S4. The molecule has 178 valence electrons. The summed E-state index contributed by atoms with van der Waals surface area (Å²) in [6.45, 7) is 7.11. The van der Waals surface area contributed by atoms with E-state index < -0.39 is 0 Å². The molecule has 2 aromatic heterocycles. The standard InChI is InChI=1S/C20H32N6O2S4/c1-15-11-25-19(31-15)23-9-5-3-7-21-17(27)13-29-30-14-18(28)22-8-4-6-10-24-20-26-12-16(2)32-20/h11-12H,3-10,13-14H2,1-2H3,(H,21,27)(H,22,28)(H,23,25)(H,24,26). The lowest BCUT2D eigenvalue weighted by molar-refractivity contribution is -0.119. The van der Waals surface area contributed by atoms with Gasteiger partial charge in [0.1, 0.15) is 0 Å². The number of aryl methyl sites for hydroxylation is 2. The van der Waals surface area contributed by atoms with Crippen molar-refractivity contribution < 1.29 is 9.59 Å². The normalized spacial score (nSPS) is 10.7. The number of rotatable bonds is 17. The van der Waals surface area contributed by atoms with Crippen molar-refractivity contribution in [3.05, 3.63) is 22.1 Å². The van der Waals surface area contributed by atoms with Crippen LogP contribution in [0.3, 0.4) is 0 Å². The Bertz CT molecular complexity index is 747. The lowest BCUT2D eigenvalue weighted by atomic mass is 10.3. The predicted octanol–water partition coefficient (Wildman–Crippen LogP) is 3.91. The number of anilines is 2. The molecule has 0 saturated carbocycles. The molecule has 32 heavy (non-hydrogen) atoms. The van der Waals surface area contributed by atoms with Crippen LogP contribution in [0.15, 0.2) is 12.4 Å². The van der Waals surface area contributed by atoms with Gasteiger partial charge < -0.3 is 21.3 Å². The van der Waals surface area contributed by atoms with Gasteiger partial charge in [-0.2, -0.15) is 0 Å². The van der Waals surface area contributed by atoms with Crippen LogP contribution in [0, 0.1) is 13.8 Å². The first-order valence-electron chi connectivity index (χ1n) is 10.6. The fourth-order valence-electron chi connectivity index (χ4n) is 2.51. The van der Waals surface area contributed by atoms with Gasteiger partial charge in [-0.25, -0.2) is 9.97 Å². The summed E-state index contributed by atoms with van der Waals surface area (Å²) in [5.41, 5.74) is 0. The number of nitrogens with one attached hydrogen (secondary N) is 4. The summed E-state index contributed by atoms with van der Waals surface area (Å²) in [5, 5.41) is 14.3. The smallest absolute Gasteiger partial charge is 0.230 e. The molecular weight excluding hydrogens is 485 g/mol. The molecule has 0 bridgehead atoms. The number of nitrogens with zero attached hydrogens (tertiary/aromatic N) is 2. The molecule has 0 radical (unpaired) electrons. The van der Waals surface area contributed by atoms with Crippen LogP contribution in [0.2, 0.25) is 0 Å². The lowest BCUT2D eigenvalue weighted by Gasteiger charge is -2.07. The van der Waals surface area contributed by atoms with E-state index in [2.05, 4.69) is 31.2 Å². The quantitative estimate of drug-likeness (QED) is 0.185. The minimum Gasteiger partial charge on any atom is -0.362 e. The first-order chi connectivity index (χ1) is 15.5. The van der Waals surface area contributed by atoms with Crippen molar-refractivity contribution in [3.63, 3.8) is 0 Å². The Kier molecular flexibility index (Phi) is 13.5. The molecule has 2 aromatic rings. The van der Waals surface area contributed by atoms with E-state index in [4.69, 9.17) is 0 Å². The monoisotopic (exact) mass is 516 g/mol. The van der Waals surface area contributed by atoms with Crippen molar-refractivity contribution in [1.29, 1.82) is 0 Å². The van der Waals surface area contributed by atoms with Gasteiger partial charge in [-0.3, -0.25) is 9.59 Å². The summed E-state index contributed by atoms with van der Waals surface area (Å²) in [5.74, 6) is 0.733. The zero-order chi connectivity index (χ0) is 23.0. The van der Waals surface area contributed by atoms with Crippen LogP contribution >= 0.6 is 44.3 Å². The van der Waals surface area contributed by atoms with E-state index in [1.807, 2.05) is 26.2 Å². The molecule has 4 N–H and O–H groups in total. The first-order valence-corrected chi connectivity index (χ1v) is 14.8. The molecule has 0 fully saturated rings. The van der Waals surface area contributed by atoms with E-state index in [9.17, 15) is 9.59 Å². The van der Waals surface area contributed by atoms with E-state index in [1.165, 1.54) is 31.3 Å². The molecule has 2 rings (SSSR count). The van der Waals surface area contributed by atoms with E-state index in [0.29, 0.717) is 24.6 Å². The summed E-state index contributed by atoms with van der Waals surface area (Å²) < 4.78 is 0. The average Bonchev–Trinajstić information content (AvgIpc) is 3.38. The maximum atomic E-state index is 11.8. The van der Waals surface area contributed by atoms with Crippen LogP contribution in [0.25, 0.3) is 0 Å². The summed E-state index contributed by atoms with van der Waals surface area (Å²) in [7, 11) is 2.83. The third-order valence-corrected chi connectivity index (χ3v) is 7.98. The first kappa shape index (κ1) is 26.7. The van der Waals surface area contributed by atoms with Gasteiger partial charge in [0.05, 0.1) is 11.5 Å². The molecule has 0 unspecified atom stereocenters. The maximum Gasteiger partial charge on any atom is 0.230 e. The van der Waals surface area contributed by atoms with E-state index in [1.54, 1.807) is 22.7 Å². The molecule has 0 saturated heterocycles. The maximum absolute atomic E-state index is 11.8. The van der Waals surface area contributed by atoms with Gasteiger partial charge in [0.2, 0.25) is 11.8 Å². The number of aromatic nitrogens is 2. The second kappa shape index (κ2) is 16.2. The molecule has 0 spiro atoms. The minimum atomic E-state index is 0.00865. The summed E-state index contributed by atoms with van der Waals surface area (Å²) >= 11 is 3.29. The minimum absolute atomic E-state index is 0.00865. The fourth-order valence-corrected chi connectivity index (χ4v) is 5.62. The molecule has 12 heteroatoms. The zero-order valence-corrected chi connectivity index (χ0v) is 21.8. The third-order valence-electron chi connectivity index (χ3n) is 4.11. The number of hydrogen-bond acceptors (Lipinski definition) is 10. The highest BCUT2D eigenvalue weighted by atomic mass is 33.1. The highest BCUT2D eigenvalue weighted by Crippen LogP contribution is 2.20. The largest absolute Gasteiger partial charge is 0.362 e. The van der Waals surface area contributed by atoms with Gasteiger partial charge in [0, 0.05) is 48.3 Å². The van der Waals surface area contributed by atoms with E-state index in [0.717, 1.165) is 49.0 Å². The Hall–Kier alpha value is -1.50. The van der Waals surface area contributed by atoms with E-state index in [-0.39, 0.29) is 11.8 Å². The summed E-state index contributed by atoms with van der Waals surface area (Å²) in [6, 6.07) is 0. The van der Waals surface area contributed by atoms with Crippen molar-refractivity contribution in [2.24, 2.45) is 0 Å². The van der Waals surface area contributed by atoms with Crippen LogP contribution in [0.1, 0.15) is 35.4 Å². The predicted molar refractivity (Wildman–Crippen MR) is 140 cm³/mol. The van der Waals surface area contributed by atoms with Gasteiger partial charge >= 0.3 is 0 Å². The van der Waals surface area contributed by atoms with Crippen molar-refractivity contribution in [3.8, 4) is 0 Å². The fraction of sp³-hybridized carbons (Fsp3) is 0.600. The Labute approximate surface area is 205 Å². The zero-order valence-electron chi connectivity index (χ0n) is 18.6. The number of unbranched alkanes of at least 4 members (excludes halogenated alkanes) is 2. The molecule has 8 nitrogen and oxygen atoms in total. The highest BCUT2D eigenvalue weighted by molar-refractivity contribution is 8.77. The van der Waals surface area contributed by atoms with Crippen molar-refractivity contribution in [2.45, 2.75) is 39.5 Å². The van der Waals surface area contributed by atoms with Crippen LogP contribution in [0.5, 0.6) is 0 Å². The van der Waals surface area contributed by atoms with Gasteiger partial charge in [-0.05, 0) is 39.5 Å². The Morgan fingerprint density at radius 1 is 0.750 bits per heavy atom. The lowest BCUT2D eigenvalue weighted by Crippen LogP contribution is -2.27. The van der Waals surface area contributed by atoms with E-state index >= 15 is 0 Å². The number of amides is 2. The average molecular weight is 517 g/mol. The second-order valence-corrected chi connectivity index (χ2v) is 12.0. The van der Waals surface area contributed by atoms with Crippen LogP contribution in [0.4, 0.5) is 10.3 Å². The third kappa shape index (κ3) is 12.5. The number of carbonyl (C=O) groups excluding carboxylic acids is 2. The van der Waals surface area contributed by atoms with Crippen LogP contribution in [-0.4, -0.2) is 59.5 Å². The number of hydrogen-bond donors (Lipinski definition) is 4. The summed E-state index contributed by atoms with van der Waals surface area (Å²) in [6.07, 6.45) is 7.50. The highest BCUT2D eigenvalue weighted by Gasteiger charge is 2.05. The van der Waals surface area contributed by atoms with Crippen molar-refractivity contribution in [1.82, 2.24) is 20.6 Å². The molecule has 2 amide bonds. The topological polar surface area (TPSA) is 108 Å². The Morgan fingerprint density at radius 3 is 1.53 bits per heavy atom. The van der Waals surface area contributed by atoms with Crippen LogP contribution in [-0.2, 0) is 9.59 Å². The second-order valence-electron chi connectivity index (χ2n) is 7.04. The molecule has 0 aromatic carbocycles. The van der Waals surface area contributed by atoms with Gasteiger partial charge in [-0.15, -0.1) is 22.7 Å². The number of carbonyl (C=O) groups is 2. The van der Waals surface area contributed by atoms with Crippen LogP contribution < -0.4 is 21.3 Å². The molecule has 0 atom stereocenters. The molecule has 0 aliphatic rings. The Morgan fingerprint density at radius 2 is 1.16 bits per heavy atom.